The Morgan fingerprint density at radius 2 is 0.833 bits per heavy atom. The van der Waals surface area contributed by atoms with E-state index in [4.69, 9.17) is 0 Å². The molecule has 0 radical (unpaired) electrons. The summed E-state index contributed by atoms with van der Waals surface area (Å²) in [5, 5.41) is -3.03. The molecule has 0 heterocycles. The summed E-state index contributed by atoms with van der Waals surface area (Å²) in [7, 11) is -8.61. The molecule has 0 atom stereocenters. The van der Waals surface area contributed by atoms with E-state index in [1.165, 1.54) is 0 Å². The van der Waals surface area contributed by atoms with Gasteiger partial charge in [-0.2, -0.15) is 0 Å². The fourth-order valence-corrected chi connectivity index (χ4v) is 18.8. The smallest absolute Gasteiger partial charge is 0.369 e. The van der Waals surface area contributed by atoms with Crippen molar-refractivity contribution >= 4 is 0 Å². The van der Waals surface area contributed by atoms with Crippen molar-refractivity contribution in [3.05, 3.63) is 0 Å². The third-order valence-corrected chi connectivity index (χ3v) is 19.9. The third-order valence-electron chi connectivity index (χ3n) is 3.36. The van der Waals surface area contributed by atoms with E-state index in [-0.39, 0.29) is 31.8 Å². The molecule has 0 aliphatic carbocycles. The van der Waals surface area contributed by atoms with Crippen LogP contribution in [0.3, 0.4) is 0 Å². The molecule has 0 aliphatic heterocycles. The maximum atomic E-state index is 13.3. The van der Waals surface area contributed by atoms with Crippen LogP contribution >= 0.6 is 0 Å². The van der Waals surface area contributed by atoms with E-state index in [2.05, 4.69) is 0 Å². The Hall–Kier alpha value is -0.0566. The van der Waals surface area contributed by atoms with Crippen molar-refractivity contribution in [2.75, 3.05) is 0 Å². The second kappa shape index (κ2) is 3.33. The first kappa shape index (κ1) is 20.3. The summed E-state index contributed by atoms with van der Waals surface area (Å²) in [6.45, 7) is 6.36. The van der Waals surface area contributed by atoms with Crippen LogP contribution in [-0.2, 0) is 21.0 Å². The fraction of sp³-hybridized carbons (Fsp3) is 1.00. The minimum atomic E-state index is -8.61. The molecule has 0 aliphatic rings. The minimum absolute atomic E-state index is 0. The van der Waals surface area contributed by atoms with Gasteiger partial charge in [0.15, 0.2) is 0 Å². The summed E-state index contributed by atoms with van der Waals surface area (Å²) >= 11 is 0. The topological polar surface area (TPSA) is 111 Å². The largest absolute Gasteiger partial charge is 0.369 e. The van der Waals surface area contributed by atoms with E-state index in [0.717, 1.165) is 0 Å². The van der Waals surface area contributed by atoms with Crippen LogP contribution in [0.25, 0.3) is 0 Å². The Morgan fingerprint density at radius 1 is 0.667 bits per heavy atom. The average molecular weight is 355 g/mol. The monoisotopic (exact) mass is 356 g/mol. The molecule has 0 aromatic heterocycles. The van der Waals surface area contributed by atoms with Gasteiger partial charge in [0.05, 0.1) is 0 Å². The van der Waals surface area contributed by atoms with Crippen molar-refractivity contribution in [1.82, 2.24) is 6.15 Å². The third kappa shape index (κ3) is 3.49. The van der Waals surface area contributed by atoms with Gasteiger partial charge in [-0.15, -0.1) is 0 Å². The van der Waals surface area contributed by atoms with Gasteiger partial charge in [0.2, 0.25) is 0 Å². The summed E-state index contributed by atoms with van der Waals surface area (Å²) in [5.41, 5.74) is 0. The van der Waals surface area contributed by atoms with Gasteiger partial charge in [-0.3, -0.25) is 0 Å². The van der Waals surface area contributed by atoms with Crippen LogP contribution < -0.4 is 10.1 Å². The van der Waals surface area contributed by atoms with E-state index in [9.17, 15) is 14.7 Å². The Kier molecular flexibility index (Phi) is 3.75. The van der Waals surface area contributed by atoms with Crippen LogP contribution in [0.5, 0.6) is 0 Å². The molecule has 0 spiro atoms. The summed E-state index contributed by atoms with van der Waals surface area (Å²) < 4.78 is 53.2. The number of quaternary nitrogens is 1. The summed E-state index contributed by atoms with van der Waals surface area (Å²) in [5.74, 6) is 0. The van der Waals surface area contributed by atoms with Crippen molar-refractivity contribution in [2.45, 2.75) is 73.4 Å². The fourth-order valence-electron chi connectivity index (χ4n) is 3.19. The normalized spacial score (nSPS) is 20.7. The first-order chi connectivity index (χ1) is 7.24. The molecule has 0 unspecified atom stereocenters. The van der Waals surface area contributed by atoms with Gasteiger partial charge in [0, 0.05) is 0 Å². The molecule has 6 heteroatoms. The zero-order valence-corrected chi connectivity index (χ0v) is 14.4. The van der Waals surface area contributed by atoms with Crippen molar-refractivity contribution < 1.29 is 24.9 Å². The predicted octanol–water partition coefficient (Wildman–Crippen LogP) is 4.28. The van der Waals surface area contributed by atoms with E-state index in [1.54, 1.807) is 27.7 Å². The van der Waals surface area contributed by atoms with Gasteiger partial charge in [-0.25, -0.2) is 0 Å². The molecule has 0 saturated carbocycles. The molecule has 4 N–H and O–H groups in total. The summed E-state index contributed by atoms with van der Waals surface area (Å²) in [6.07, 6.45) is 0.373. The van der Waals surface area contributed by atoms with Gasteiger partial charge in [-0.1, -0.05) is 0 Å². The van der Waals surface area contributed by atoms with E-state index < -0.39 is 30.3 Å². The van der Waals surface area contributed by atoms with E-state index in [1.807, 2.05) is 0 Å². The van der Waals surface area contributed by atoms with Gasteiger partial charge in [-0.05, 0) is 0 Å². The summed E-state index contributed by atoms with van der Waals surface area (Å²) in [6, 6.07) is 0. The van der Waals surface area contributed by atoms with Crippen LogP contribution in [0.15, 0.2) is 0 Å². The number of hydrogen-bond donors (Lipinski definition) is 1. The first-order valence-corrected chi connectivity index (χ1v) is 14.2. The molecule has 18 heavy (non-hydrogen) atoms. The molecule has 0 rings (SSSR count). The Labute approximate surface area is 105 Å². The molecular weight excluding hydrogens is 323 g/mol. The van der Waals surface area contributed by atoms with Crippen LogP contribution in [-0.4, -0.2) is 0 Å². The van der Waals surface area contributed by atoms with Crippen LogP contribution in [0.4, 0.5) is 0 Å². The molecule has 117 valence electrons. The minimum Gasteiger partial charge on any atom is -0.369 e. The molecular formula is C12H32NO4Ru. The van der Waals surface area contributed by atoms with E-state index >= 15 is 0 Å². The van der Waals surface area contributed by atoms with E-state index in [0.29, 0.717) is 0 Å². The Morgan fingerprint density at radius 3 is 0.944 bits per heavy atom. The van der Waals surface area contributed by atoms with Gasteiger partial charge in [0.1, 0.15) is 0 Å². The molecule has 0 saturated heterocycles. The average Bonchev–Trinajstić information content (AvgIpc) is 2.01. The van der Waals surface area contributed by atoms with Crippen LogP contribution in [0, 0.1) is 0 Å². The Balaban J connectivity index is 0. The quantitative estimate of drug-likeness (QED) is 0.655. The Bertz CT molecular complexity index is 564. The zero-order chi connectivity index (χ0) is 14.0. The maximum absolute atomic E-state index is 13.3. The second-order valence-electron chi connectivity index (χ2n) is 5.75. The van der Waals surface area contributed by atoms with Gasteiger partial charge >= 0.3 is 98.4 Å². The molecule has 0 bridgehead atoms. The maximum Gasteiger partial charge on any atom is -0.369 e. The second-order valence-corrected chi connectivity index (χ2v) is 24.2. The molecule has 0 aromatic carbocycles. The molecule has 0 aromatic rings. The van der Waals surface area contributed by atoms with Gasteiger partial charge < -0.3 is 6.15 Å². The standard InChI is InChI=1S/4C3H7.H3N.4O.Ru/c4*1-3-2;;;;;;/h4*1,3H2,2H3;1H3;;;;;/q;;;;;;;;-1;/p+1. The zero-order valence-electron chi connectivity index (χ0n) is 12.6. The van der Waals surface area contributed by atoms with Crippen molar-refractivity contribution in [3.63, 3.8) is 0 Å². The van der Waals surface area contributed by atoms with Crippen molar-refractivity contribution in [2.24, 2.45) is 0 Å². The first-order valence-electron chi connectivity index (χ1n) is 6.41. The van der Waals surface area contributed by atoms with Gasteiger partial charge in [0.25, 0.3) is 0 Å². The van der Waals surface area contributed by atoms with Crippen LogP contribution in [0.2, 0.25) is 20.1 Å². The number of hydrogen-bond acceptors (Lipinski definition) is 4. The van der Waals surface area contributed by atoms with Crippen molar-refractivity contribution in [3.8, 4) is 0 Å². The predicted molar refractivity (Wildman–Crippen MR) is 68.4 cm³/mol. The SMILES string of the molecule is CC[CH2][Ru](=[O])(=[O])(=[O])([O-])([CH2]CC)([CH2]CC)[CH2]CC.[NH4+]. The molecule has 5 nitrogen and oxygen atoms in total. The number of rotatable bonds is 8. The van der Waals surface area contributed by atoms with Crippen molar-refractivity contribution in [1.29, 1.82) is 0 Å². The molecule has 0 amide bonds. The summed E-state index contributed by atoms with van der Waals surface area (Å²) in [4.78, 5) is 0. The van der Waals surface area contributed by atoms with Crippen LogP contribution in [0.1, 0.15) is 53.4 Å². The molecule has 0 fully saturated rings.